The fourth-order valence-electron chi connectivity index (χ4n) is 1.46. The molecule has 1 N–H and O–H groups in total. The summed E-state index contributed by atoms with van der Waals surface area (Å²) in [6.45, 7) is 0. The fraction of sp³-hybridized carbons (Fsp3) is 0.0833. The molecule has 0 saturated heterocycles. The molecule has 0 aliphatic carbocycles. The van der Waals surface area contributed by atoms with Crippen molar-refractivity contribution < 1.29 is 19.2 Å². The minimum atomic E-state index is -1.20. The van der Waals surface area contributed by atoms with Gasteiger partial charge in [0.2, 0.25) is 5.88 Å². The van der Waals surface area contributed by atoms with Crippen LogP contribution in [-0.4, -0.2) is 35.2 Å². The molecule has 1 aromatic heterocycles. The molecule has 6 nitrogen and oxygen atoms in total. The zero-order chi connectivity index (χ0) is 14.5. The van der Waals surface area contributed by atoms with Crippen molar-refractivity contribution in [2.24, 2.45) is 0 Å². The molecule has 2 rings (SSSR count). The van der Waals surface area contributed by atoms with E-state index in [-0.39, 0.29) is 5.88 Å². The van der Waals surface area contributed by atoms with E-state index in [1.54, 1.807) is 24.3 Å². The first-order chi connectivity index (χ1) is 9.61. The Kier molecular flexibility index (Phi) is 4.70. The minimum absolute atomic E-state index is 0.226. The van der Waals surface area contributed by atoms with Gasteiger partial charge in [0.15, 0.2) is 0 Å². The maximum atomic E-state index is 11.3. The summed E-state index contributed by atoms with van der Waals surface area (Å²) in [5.41, 5.74) is 0.884. The van der Waals surface area contributed by atoms with Gasteiger partial charge in [-0.25, -0.2) is 14.8 Å². The lowest BCUT2D eigenvalue weighted by atomic mass is 9.79. The Balaban J connectivity index is 2.12. The van der Waals surface area contributed by atoms with Crippen molar-refractivity contribution in [3.8, 4) is 5.88 Å². The normalized spacial score (nSPS) is 9.95. The SMILES string of the molecule is COC(=O)c1ccc(B(O)Oc2ncncc2Br)cc1. The number of ether oxygens (including phenoxy) is 1. The summed E-state index contributed by atoms with van der Waals surface area (Å²) in [6, 6.07) is 6.24. The first-order valence-corrected chi connectivity index (χ1v) is 6.39. The van der Waals surface area contributed by atoms with Gasteiger partial charge in [0.05, 0.1) is 17.1 Å². The van der Waals surface area contributed by atoms with Crippen LogP contribution in [0.5, 0.6) is 5.88 Å². The van der Waals surface area contributed by atoms with Gasteiger partial charge in [-0.3, -0.25) is 0 Å². The highest BCUT2D eigenvalue weighted by atomic mass is 79.9. The van der Waals surface area contributed by atoms with Gasteiger partial charge in [0, 0.05) is 6.20 Å². The predicted octanol–water partition coefficient (Wildman–Crippen LogP) is 0.792. The molecule has 0 atom stereocenters. The molecule has 0 aliphatic rings. The number of esters is 1. The molecule has 0 saturated carbocycles. The minimum Gasteiger partial charge on any atom is -0.517 e. The Hall–Kier alpha value is -1.93. The van der Waals surface area contributed by atoms with Crippen LogP contribution >= 0.6 is 15.9 Å². The van der Waals surface area contributed by atoms with E-state index in [4.69, 9.17) is 4.65 Å². The molecular formula is C12H10BBrN2O4. The third kappa shape index (κ3) is 3.34. The Morgan fingerprint density at radius 2 is 2.05 bits per heavy atom. The maximum absolute atomic E-state index is 11.3. The van der Waals surface area contributed by atoms with Crippen molar-refractivity contribution in [2.75, 3.05) is 7.11 Å². The summed E-state index contributed by atoms with van der Waals surface area (Å²) < 4.78 is 10.4. The average molecular weight is 337 g/mol. The number of carbonyl (C=O) groups excluding carboxylic acids is 1. The zero-order valence-corrected chi connectivity index (χ0v) is 12.1. The van der Waals surface area contributed by atoms with Gasteiger partial charge >= 0.3 is 13.1 Å². The van der Waals surface area contributed by atoms with Gasteiger partial charge in [-0.15, -0.1) is 0 Å². The molecule has 102 valence electrons. The van der Waals surface area contributed by atoms with E-state index in [0.717, 1.165) is 0 Å². The number of nitrogens with zero attached hydrogens (tertiary/aromatic N) is 2. The highest BCUT2D eigenvalue weighted by Crippen LogP contribution is 2.19. The molecule has 0 spiro atoms. The number of benzene rings is 1. The quantitative estimate of drug-likeness (QED) is 0.656. The molecule has 0 unspecified atom stereocenters. The van der Waals surface area contributed by atoms with Crippen LogP contribution in [0.4, 0.5) is 0 Å². The van der Waals surface area contributed by atoms with Gasteiger partial charge < -0.3 is 14.4 Å². The molecule has 2 aromatic rings. The second-order valence-corrected chi connectivity index (χ2v) is 4.61. The molecule has 0 amide bonds. The highest BCUT2D eigenvalue weighted by molar-refractivity contribution is 9.10. The summed E-state index contributed by atoms with van der Waals surface area (Å²) in [5.74, 6) is -0.213. The standard InChI is InChI=1S/C12H10BBrN2O4/c1-19-12(17)8-2-4-9(5-3-8)13(18)20-11-10(14)6-15-7-16-11/h2-7,18H,1H3. The molecule has 8 heteroatoms. The van der Waals surface area contributed by atoms with Crippen LogP contribution in [0.25, 0.3) is 0 Å². The lowest BCUT2D eigenvalue weighted by Gasteiger charge is -2.10. The lowest BCUT2D eigenvalue weighted by molar-refractivity contribution is 0.0600. The number of methoxy groups -OCH3 is 1. The first kappa shape index (κ1) is 14.5. The summed E-state index contributed by atoms with van der Waals surface area (Å²) in [4.78, 5) is 19.0. The largest absolute Gasteiger partial charge is 0.561 e. The second-order valence-electron chi connectivity index (χ2n) is 3.76. The molecular weight excluding hydrogens is 327 g/mol. The van der Waals surface area contributed by atoms with Crippen molar-refractivity contribution in [1.29, 1.82) is 0 Å². The van der Waals surface area contributed by atoms with Gasteiger partial charge in [-0.1, -0.05) is 12.1 Å². The van der Waals surface area contributed by atoms with E-state index in [1.165, 1.54) is 19.6 Å². The van der Waals surface area contributed by atoms with Gasteiger partial charge in [0.25, 0.3) is 0 Å². The van der Waals surface area contributed by atoms with Crippen LogP contribution < -0.4 is 10.1 Å². The molecule has 0 aliphatic heterocycles. The van der Waals surface area contributed by atoms with Crippen molar-refractivity contribution >= 4 is 34.5 Å². The smallest absolute Gasteiger partial charge is 0.517 e. The Morgan fingerprint density at radius 1 is 1.35 bits per heavy atom. The number of hydrogen-bond donors (Lipinski definition) is 1. The number of rotatable bonds is 4. The van der Waals surface area contributed by atoms with Crippen LogP contribution in [0.3, 0.4) is 0 Å². The summed E-state index contributed by atoms with van der Waals surface area (Å²) >= 11 is 3.22. The van der Waals surface area contributed by atoms with Crippen LogP contribution in [-0.2, 0) is 4.74 Å². The van der Waals surface area contributed by atoms with Crippen LogP contribution in [0, 0.1) is 0 Å². The van der Waals surface area contributed by atoms with Crippen LogP contribution in [0.2, 0.25) is 0 Å². The van der Waals surface area contributed by atoms with Gasteiger partial charge in [0.1, 0.15) is 6.33 Å². The van der Waals surface area contributed by atoms with E-state index in [9.17, 15) is 9.82 Å². The average Bonchev–Trinajstić information content (AvgIpc) is 2.49. The zero-order valence-electron chi connectivity index (χ0n) is 10.5. The Bertz CT molecular complexity index is 609. The number of carbonyl (C=O) groups is 1. The van der Waals surface area contributed by atoms with Crippen molar-refractivity contribution in [1.82, 2.24) is 9.97 Å². The van der Waals surface area contributed by atoms with E-state index < -0.39 is 13.1 Å². The van der Waals surface area contributed by atoms with Crippen molar-refractivity contribution in [3.05, 3.63) is 46.8 Å². The molecule has 1 aromatic carbocycles. The predicted molar refractivity (Wildman–Crippen MR) is 75.7 cm³/mol. The first-order valence-electron chi connectivity index (χ1n) is 5.60. The van der Waals surface area contributed by atoms with E-state index in [1.807, 2.05) is 0 Å². The highest BCUT2D eigenvalue weighted by Gasteiger charge is 2.21. The molecule has 0 fully saturated rings. The lowest BCUT2D eigenvalue weighted by Crippen LogP contribution is -2.37. The topological polar surface area (TPSA) is 81.5 Å². The third-order valence-electron chi connectivity index (χ3n) is 2.47. The van der Waals surface area contributed by atoms with Crippen LogP contribution in [0.1, 0.15) is 10.4 Å². The van der Waals surface area contributed by atoms with Crippen molar-refractivity contribution in [2.45, 2.75) is 0 Å². The Labute approximate surface area is 124 Å². The molecule has 1 heterocycles. The summed E-state index contributed by atoms with van der Waals surface area (Å²) in [5, 5.41) is 9.97. The molecule has 0 radical (unpaired) electrons. The summed E-state index contributed by atoms with van der Waals surface area (Å²) in [7, 11) is 0.105. The monoisotopic (exact) mass is 336 g/mol. The van der Waals surface area contributed by atoms with Crippen LogP contribution in [0.15, 0.2) is 41.3 Å². The number of halogens is 1. The fourth-order valence-corrected chi connectivity index (χ4v) is 1.78. The number of hydrogen-bond acceptors (Lipinski definition) is 6. The van der Waals surface area contributed by atoms with E-state index >= 15 is 0 Å². The second kappa shape index (κ2) is 6.49. The third-order valence-corrected chi connectivity index (χ3v) is 3.02. The maximum Gasteiger partial charge on any atom is 0.561 e. The van der Waals surface area contributed by atoms with Crippen molar-refractivity contribution in [3.63, 3.8) is 0 Å². The Morgan fingerprint density at radius 3 is 2.65 bits per heavy atom. The molecule has 0 bridgehead atoms. The molecule has 20 heavy (non-hydrogen) atoms. The summed E-state index contributed by atoms with van der Waals surface area (Å²) in [6.07, 6.45) is 2.82. The number of aromatic nitrogens is 2. The van der Waals surface area contributed by atoms with Gasteiger partial charge in [-0.2, -0.15) is 0 Å². The van der Waals surface area contributed by atoms with Gasteiger partial charge in [-0.05, 0) is 33.5 Å². The van der Waals surface area contributed by atoms with E-state index in [0.29, 0.717) is 15.5 Å². The van der Waals surface area contributed by atoms with E-state index in [2.05, 4.69) is 30.6 Å².